The van der Waals surface area contributed by atoms with E-state index in [2.05, 4.69) is 17.1 Å². The maximum Gasteiger partial charge on any atom is 0.0549 e. The van der Waals surface area contributed by atoms with Gasteiger partial charge in [0.15, 0.2) is 0 Å². The van der Waals surface area contributed by atoms with Gasteiger partial charge in [0.2, 0.25) is 0 Å². The van der Waals surface area contributed by atoms with Gasteiger partial charge in [-0.15, -0.1) is 0 Å². The van der Waals surface area contributed by atoms with Gasteiger partial charge in [-0.25, -0.2) is 0 Å². The molecule has 94 valence electrons. The third-order valence-electron chi connectivity index (χ3n) is 4.02. The summed E-state index contributed by atoms with van der Waals surface area (Å²) in [6.45, 7) is 6.57. The number of likely N-dealkylation sites (tertiary alicyclic amines) is 1. The van der Waals surface area contributed by atoms with Crippen LogP contribution in [0.15, 0.2) is 0 Å². The lowest BCUT2D eigenvalue weighted by molar-refractivity contribution is 0.158. The van der Waals surface area contributed by atoms with Crippen LogP contribution < -0.4 is 5.32 Å². The number of aliphatic hydroxyl groups is 1. The fourth-order valence-electron chi connectivity index (χ4n) is 2.78. The van der Waals surface area contributed by atoms with Crippen LogP contribution in [0.25, 0.3) is 0 Å². The molecule has 2 N–H and O–H groups in total. The first kappa shape index (κ1) is 12.3. The number of rotatable bonds is 6. The van der Waals surface area contributed by atoms with Gasteiger partial charge in [-0.05, 0) is 45.6 Å². The summed E-state index contributed by atoms with van der Waals surface area (Å²) >= 11 is 0. The molecule has 0 radical (unpaired) electrons. The maximum atomic E-state index is 9.48. The van der Waals surface area contributed by atoms with Gasteiger partial charge in [0.05, 0.1) is 6.10 Å². The first-order valence-electron chi connectivity index (χ1n) is 6.88. The van der Waals surface area contributed by atoms with E-state index in [0.717, 1.165) is 31.5 Å². The van der Waals surface area contributed by atoms with E-state index >= 15 is 0 Å². The molecular formula is C13H26N2O. The Hall–Kier alpha value is -0.120. The van der Waals surface area contributed by atoms with E-state index < -0.39 is 0 Å². The van der Waals surface area contributed by atoms with Gasteiger partial charge in [0, 0.05) is 24.7 Å². The van der Waals surface area contributed by atoms with Crippen LogP contribution in [-0.2, 0) is 0 Å². The third-order valence-corrected chi connectivity index (χ3v) is 4.02. The Morgan fingerprint density at radius 3 is 2.81 bits per heavy atom. The molecule has 1 saturated carbocycles. The molecule has 0 aromatic rings. The molecule has 3 heteroatoms. The Kier molecular flexibility index (Phi) is 4.22. The highest BCUT2D eigenvalue weighted by Crippen LogP contribution is 2.33. The van der Waals surface area contributed by atoms with Gasteiger partial charge in [0.1, 0.15) is 0 Å². The van der Waals surface area contributed by atoms with Gasteiger partial charge < -0.3 is 10.4 Å². The van der Waals surface area contributed by atoms with E-state index in [0.29, 0.717) is 6.04 Å². The molecule has 1 heterocycles. The first-order valence-corrected chi connectivity index (χ1v) is 6.88. The van der Waals surface area contributed by atoms with E-state index in [-0.39, 0.29) is 6.10 Å². The SMILES string of the molecule is CCC(O)CCNC1CC(C)N(C2CC2)C1. The second-order valence-electron chi connectivity index (χ2n) is 5.51. The molecule has 0 aromatic carbocycles. The topological polar surface area (TPSA) is 35.5 Å². The van der Waals surface area contributed by atoms with Crippen LogP contribution in [0.2, 0.25) is 0 Å². The van der Waals surface area contributed by atoms with Crippen LogP contribution in [0.1, 0.15) is 46.0 Å². The van der Waals surface area contributed by atoms with Crippen molar-refractivity contribution in [1.29, 1.82) is 0 Å². The van der Waals surface area contributed by atoms with Crippen LogP contribution in [-0.4, -0.2) is 47.3 Å². The molecule has 1 aliphatic heterocycles. The largest absolute Gasteiger partial charge is 0.393 e. The minimum atomic E-state index is -0.120. The van der Waals surface area contributed by atoms with Crippen molar-refractivity contribution < 1.29 is 5.11 Å². The average Bonchev–Trinajstić information content (AvgIpc) is 3.03. The van der Waals surface area contributed by atoms with Gasteiger partial charge in [-0.3, -0.25) is 4.90 Å². The number of aliphatic hydroxyl groups excluding tert-OH is 1. The lowest BCUT2D eigenvalue weighted by atomic mass is 10.1. The minimum Gasteiger partial charge on any atom is -0.393 e. The normalized spacial score (nSPS) is 33.2. The van der Waals surface area contributed by atoms with Crippen LogP contribution in [0, 0.1) is 0 Å². The molecule has 0 bridgehead atoms. The number of hydrogen-bond acceptors (Lipinski definition) is 3. The minimum absolute atomic E-state index is 0.120. The Balaban J connectivity index is 1.64. The third kappa shape index (κ3) is 3.19. The summed E-state index contributed by atoms with van der Waals surface area (Å²) < 4.78 is 0. The van der Waals surface area contributed by atoms with Crippen LogP contribution >= 0.6 is 0 Å². The number of nitrogens with one attached hydrogen (secondary N) is 1. The molecule has 2 aliphatic rings. The molecule has 3 atom stereocenters. The molecule has 16 heavy (non-hydrogen) atoms. The summed E-state index contributed by atoms with van der Waals surface area (Å²) in [5.74, 6) is 0. The van der Waals surface area contributed by atoms with Crippen LogP contribution in [0.5, 0.6) is 0 Å². The zero-order valence-electron chi connectivity index (χ0n) is 10.7. The Labute approximate surface area is 99.2 Å². The zero-order valence-corrected chi connectivity index (χ0v) is 10.7. The predicted molar refractivity (Wildman–Crippen MR) is 66.5 cm³/mol. The van der Waals surface area contributed by atoms with E-state index in [9.17, 15) is 5.11 Å². The first-order chi connectivity index (χ1) is 7.70. The quantitative estimate of drug-likeness (QED) is 0.718. The van der Waals surface area contributed by atoms with Crippen molar-refractivity contribution in [2.75, 3.05) is 13.1 Å². The fraction of sp³-hybridized carbons (Fsp3) is 1.00. The maximum absolute atomic E-state index is 9.48. The van der Waals surface area contributed by atoms with Crippen molar-refractivity contribution in [1.82, 2.24) is 10.2 Å². The second-order valence-corrected chi connectivity index (χ2v) is 5.51. The van der Waals surface area contributed by atoms with Crippen molar-refractivity contribution >= 4 is 0 Å². The Morgan fingerprint density at radius 2 is 2.19 bits per heavy atom. The fourth-order valence-corrected chi connectivity index (χ4v) is 2.78. The zero-order chi connectivity index (χ0) is 11.5. The molecule has 2 rings (SSSR count). The molecule has 3 unspecified atom stereocenters. The number of hydrogen-bond donors (Lipinski definition) is 2. The predicted octanol–water partition coefficient (Wildman–Crippen LogP) is 1.36. The molecule has 2 fully saturated rings. The standard InChI is InChI=1S/C13H26N2O/c1-3-13(16)6-7-14-11-8-10(2)15(9-11)12-4-5-12/h10-14,16H,3-9H2,1-2H3. The summed E-state index contributed by atoms with van der Waals surface area (Å²) in [6.07, 6.45) is 5.74. The van der Waals surface area contributed by atoms with Crippen molar-refractivity contribution in [3.05, 3.63) is 0 Å². The average molecular weight is 226 g/mol. The van der Waals surface area contributed by atoms with Gasteiger partial charge >= 0.3 is 0 Å². The second kappa shape index (κ2) is 5.48. The Bertz CT molecular complexity index is 218. The smallest absolute Gasteiger partial charge is 0.0549 e. The highest BCUT2D eigenvalue weighted by atomic mass is 16.3. The van der Waals surface area contributed by atoms with Gasteiger partial charge in [0.25, 0.3) is 0 Å². The van der Waals surface area contributed by atoms with Crippen LogP contribution in [0.4, 0.5) is 0 Å². The highest BCUT2D eigenvalue weighted by Gasteiger charge is 2.38. The van der Waals surface area contributed by atoms with E-state index in [1.165, 1.54) is 25.8 Å². The Morgan fingerprint density at radius 1 is 1.44 bits per heavy atom. The summed E-state index contributed by atoms with van der Waals surface area (Å²) in [4.78, 5) is 2.66. The summed E-state index contributed by atoms with van der Waals surface area (Å²) in [5.41, 5.74) is 0. The lowest BCUT2D eigenvalue weighted by Crippen LogP contribution is -2.35. The van der Waals surface area contributed by atoms with Crippen molar-refractivity contribution in [2.24, 2.45) is 0 Å². The molecule has 0 amide bonds. The molecule has 0 spiro atoms. The van der Waals surface area contributed by atoms with E-state index in [1.54, 1.807) is 0 Å². The van der Waals surface area contributed by atoms with E-state index in [4.69, 9.17) is 0 Å². The highest BCUT2D eigenvalue weighted by molar-refractivity contribution is 4.95. The van der Waals surface area contributed by atoms with Gasteiger partial charge in [-0.1, -0.05) is 6.92 Å². The monoisotopic (exact) mass is 226 g/mol. The summed E-state index contributed by atoms with van der Waals surface area (Å²) in [6, 6.07) is 2.30. The molecule has 1 saturated heterocycles. The van der Waals surface area contributed by atoms with Crippen molar-refractivity contribution in [3.63, 3.8) is 0 Å². The summed E-state index contributed by atoms with van der Waals surface area (Å²) in [7, 11) is 0. The van der Waals surface area contributed by atoms with Crippen molar-refractivity contribution in [3.8, 4) is 0 Å². The van der Waals surface area contributed by atoms with Crippen molar-refractivity contribution in [2.45, 2.75) is 70.2 Å². The van der Waals surface area contributed by atoms with Gasteiger partial charge in [-0.2, -0.15) is 0 Å². The molecular weight excluding hydrogens is 200 g/mol. The van der Waals surface area contributed by atoms with Crippen LogP contribution in [0.3, 0.4) is 0 Å². The molecule has 1 aliphatic carbocycles. The molecule has 0 aromatic heterocycles. The lowest BCUT2D eigenvalue weighted by Gasteiger charge is -2.19. The number of nitrogens with zero attached hydrogens (tertiary/aromatic N) is 1. The van der Waals surface area contributed by atoms with E-state index in [1.807, 2.05) is 6.92 Å². The molecule has 3 nitrogen and oxygen atoms in total. The summed E-state index contributed by atoms with van der Waals surface area (Å²) in [5, 5.41) is 13.1.